The van der Waals surface area contributed by atoms with Gasteiger partial charge < -0.3 is 5.11 Å². The third-order valence-corrected chi connectivity index (χ3v) is 5.66. The van der Waals surface area contributed by atoms with Crippen LogP contribution in [-0.4, -0.2) is 16.4 Å². The summed E-state index contributed by atoms with van der Waals surface area (Å²) in [4.78, 5) is 11.6. The Labute approximate surface area is 105 Å². The molecule has 2 unspecified atom stereocenters. The van der Waals surface area contributed by atoms with Gasteiger partial charge in [-0.3, -0.25) is 4.79 Å². The van der Waals surface area contributed by atoms with Crippen molar-refractivity contribution < 1.29 is 9.90 Å². The molecule has 0 aromatic heterocycles. The highest BCUT2D eigenvalue weighted by atomic mass is 79.9. The molecule has 4 aliphatic rings. The molecule has 4 saturated carbocycles. The van der Waals surface area contributed by atoms with Gasteiger partial charge in [-0.05, 0) is 62.2 Å². The Morgan fingerprint density at radius 3 is 2.38 bits per heavy atom. The molecular weight excluding hydrogens is 268 g/mol. The molecule has 1 N–H and O–H groups in total. The molecule has 2 nitrogen and oxygen atoms in total. The van der Waals surface area contributed by atoms with Crippen LogP contribution in [0.5, 0.6) is 0 Å². The summed E-state index contributed by atoms with van der Waals surface area (Å²) in [5.41, 5.74) is 0.0260. The van der Waals surface area contributed by atoms with Crippen LogP contribution >= 0.6 is 15.9 Å². The molecule has 0 aromatic carbocycles. The van der Waals surface area contributed by atoms with Crippen LogP contribution in [0.2, 0.25) is 0 Å². The van der Waals surface area contributed by atoms with E-state index in [0.717, 1.165) is 24.6 Å². The van der Waals surface area contributed by atoms with Crippen molar-refractivity contribution in [3.05, 3.63) is 0 Å². The molecule has 0 heterocycles. The minimum absolute atomic E-state index is 0.341. The highest BCUT2D eigenvalue weighted by Gasteiger charge is 2.60. The number of carbonyl (C=O) groups is 1. The van der Waals surface area contributed by atoms with Gasteiger partial charge in [-0.25, -0.2) is 0 Å². The molecule has 0 saturated heterocycles. The largest absolute Gasteiger partial charge is 0.481 e. The van der Waals surface area contributed by atoms with Gasteiger partial charge in [0.15, 0.2) is 0 Å². The van der Waals surface area contributed by atoms with Gasteiger partial charge >= 0.3 is 5.97 Å². The quantitative estimate of drug-likeness (QED) is 0.807. The molecule has 4 aliphatic carbocycles. The molecular formula is C13H19BrO2. The van der Waals surface area contributed by atoms with E-state index in [1.807, 2.05) is 0 Å². The van der Waals surface area contributed by atoms with Gasteiger partial charge in [0.1, 0.15) is 0 Å². The maximum absolute atomic E-state index is 11.6. The Bertz CT molecular complexity index is 312. The second-order valence-corrected chi connectivity index (χ2v) is 7.28. The van der Waals surface area contributed by atoms with Crippen LogP contribution in [0.4, 0.5) is 0 Å². The maximum Gasteiger partial charge on any atom is 0.309 e. The normalized spacial score (nSPS) is 49.6. The molecule has 0 aliphatic heterocycles. The average molecular weight is 287 g/mol. The van der Waals surface area contributed by atoms with E-state index in [-0.39, 0.29) is 5.41 Å². The second kappa shape index (κ2) is 3.47. The number of rotatable bonds is 3. The van der Waals surface area contributed by atoms with E-state index >= 15 is 0 Å². The highest BCUT2D eigenvalue weighted by Crippen LogP contribution is 2.66. The summed E-state index contributed by atoms with van der Waals surface area (Å²) < 4.78 is 0. The first-order chi connectivity index (χ1) is 7.57. The second-order valence-electron chi connectivity index (χ2n) is 6.49. The third-order valence-electron chi connectivity index (χ3n) is 5.26. The van der Waals surface area contributed by atoms with Crippen LogP contribution in [0.15, 0.2) is 0 Å². The van der Waals surface area contributed by atoms with Crippen molar-refractivity contribution in [1.29, 1.82) is 0 Å². The Hall–Kier alpha value is -0.0500. The number of aliphatic carboxylic acids is 1. The summed E-state index contributed by atoms with van der Waals surface area (Å²) in [5.74, 6) is 0.897. The van der Waals surface area contributed by atoms with E-state index in [0.29, 0.717) is 17.3 Å². The lowest BCUT2D eigenvalue weighted by molar-refractivity contribution is -0.174. The van der Waals surface area contributed by atoms with Crippen molar-refractivity contribution in [3.8, 4) is 0 Å². The fraction of sp³-hybridized carbons (Fsp3) is 0.923. The van der Waals surface area contributed by atoms with Crippen LogP contribution in [-0.2, 0) is 4.79 Å². The SMILES string of the molecule is O=C(O)C12C[C@@H]3C[C@@H](CC(CCBr)(C3)C1)C2. The first kappa shape index (κ1) is 11.1. The Morgan fingerprint density at radius 2 is 1.88 bits per heavy atom. The minimum Gasteiger partial charge on any atom is -0.481 e. The van der Waals surface area contributed by atoms with Crippen molar-refractivity contribution in [2.45, 2.75) is 44.9 Å². The maximum atomic E-state index is 11.6. The molecule has 0 radical (unpaired) electrons. The Morgan fingerprint density at radius 1 is 1.25 bits per heavy atom. The summed E-state index contributed by atoms with van der Waals surface area (Å²) in [6, 6.07) is 0. The molecule has 4 rings (SSSR count). The zero-order chi connectivity index (χ0) is 11.4. The van der Waals surface area contributed by atoms with E-state index in [2.05, 4.69) is 15.9 Å². The van der Waals surface area contributed by atoms with E-state index < -0.39 is 5.97 Å². The summed E-state index contributed by atoms with van der Waals surface area (Å²) in [6.45, 7) is 0. The minimum atomic E-state index is -0.513. The number of hydrogen-bond donors (Lipinski definition) is 1. The number of hydrogen-bond acceptors (Lipinski definition) is 1. The zero-order valence-corrected chi connectivity index (χ0v) is 11.1. The number of alkyl halides is 1. The lowest BCUT2D eigenvalue weighted by atomic mass is 9.43. The summed E-state index contributed by atoms with van der Waals surface area (Å²) in [7, 11) is 0. The topological polar surface area (TPSA) is 37.3 Å². The van der Waals surface area contributed by atoms with Gasteiger partial charge in [0, 0.05) is 5.33 Å². The monoisotopic (exact) mass is 286 g/mol. The van der Waals surface area contributed by atoms with Crippen molar-refractivity contribution in [2.75, 3.05) is 5.33 Å². The summed E-state index contributed by atoms with van der Waals surface area (Å²) in [6.07, 6.45) is 7.95. The fourth-order valence-corrected chi connectivity index (χ4v) is 6.04. The van der Waals surface area contributed by atoms with Crippen LogP contribution in [0.1, 0.15) is 44.9 Å². The van der Waals surface area contributed by atoms with Gasteiger partial charge in [-0.1, -0.05) is 15.9 Å². The van der Waals surface area contributed by atoms with Gasteiger partial charge in [0.25, 0.3) is 0 Å². The molecule has 90 valence electrons. The first-order valence-electron chi connectivity index (χ1n) is 6.37. The average Bonchev–Trinajstić information content (AvgIpc) is 2.14. The van der Waals surface area contributed by atoms with Crippen LogP contribution in [0.3, 0.4) is 0 Å². The van der Waals surface area contributed by atoms with Crippen LogP contribution < -0.4 is 0 Å². The van der Waals surface area contributed by atoms with Crippen LogP contribution in [0, 0.1) is 22.7 Å². The summed E-state index contributed by atoms with van der Waals surface area (Å²) >= 11 is 3.55. The zero-order valence-electron chi connectivity index (χ0n) is 9.54. The molecule has 0 aromatic rings. The van der Waals surface area contributed by atoms with E-state index in [1.165, 1.54) is 25.7 Å². The molecule has 4 bridgehead atoms. The Balaban J connectivity index is 1.93. The number of carboxylic acid groups (broad SMARTS) is 1. The standard InChI is InChI=1S/C13H19BrO2/c14-2-1-12-4-9-3-10(5-12)7-13(6-9,8-12)11(15)16/h9-10H,1-8H2,(H,15,16)/t9-,10+,12?,13?. The smallest absolute Gasteiger partial charge is 0.309 e. The molecule has 16 heavy (non-hydrogen) atoms. The van der Waals surface area contributed by atoms with Gasteiger partial charge in [0.2, 0.25) is 0 Å². The number of halogens is 1. The van der Waals surface area contributed by atoms with Gasteiger partial charge in [-0.2, -0.15) is 0 Å². The Kier molecular flexibility index (Phi) is 2.40. The predicted molar refractivity (Wildman–Crippen MR) is 65.6 cm³/mol. The van der Waals surface area contributed by atoms with Gasteiger partial charge in [0.05, 0.1) is 5.41 Å². The lowest BCUT2D eigenvalue weighted by Gasteiger charge is -2.60. The van der Waals surface area contributed by atoms with Gasteiger partial charge in [-0.15, -0.1) is 0 Å². The molecule has 0 amide bonds. The predicted octanol–water partition coefficient (Wildman–Crippen LogP) is 3.44. The lowest BCUT2D eigenvalue weighted by Crippen LogP contribution is -2.55. The van der Waals surface area contributed by atoms with E-state index in [1.54, 1.807) is 0 Å². The van der Waals surface area contributed by atoms with Crippen molar-refractivity contribution in [3.63, 3.8) is 0 Å². The number of carboxylic acids is 1. The fourth-order valence-electron chi connectivity index (χ4n) is 5.20. The van der Waals surface area contributed by atoms with Crippen molar-refractivity contribution in [2.24, 2.45) is 22.7 Å². The van der Waals surface area contributed by atoms with Crippen LogP contribution in [0.25, 0.3) is 0 Å². The molecule has 3 heteroatoms. The van der Waals surface area contributed by atoms with Crippen molar-refractivity contribution in [1.82, 2.24) is 0 Å². The first-order valence-corrected chi connectivity index (χ1v) is 7.49. The summed E-state index contributed by atoms with van der Waals surface area (Å²) in [5, 5.41) is 10.6. The molecule has 0 spiro atoms. The van der Waals surface area contributed by atoms with E-state index in [9.17, 15) is 9.90 Å². The highest BCUT2D eigenvalue weighted by molar-refractivity contribution is 9.09. The van der Waals surface area contributed by atoms with Crippen molar-refractivity contribution >= 4 is 21.9 Å². The van der Waals surface area contributed by atoms with E-state index in [4.69, 9.17) is 0 Å². The molecule has 4 fully saturated rings. The molecule has 4 atom stereocenters. The third kappa shape index (κ3) is 1.47.